The number of rotatable bonds is 10. The van der Waals surface area contributed by atoms with Crippen molar-refractivity contribution in [1.82, 2.24) is 0 Å². The third-order valence-corrected chi connectivity index (χ3v) is 11.3. The van der Waals surface area contributed by atoms with E-state index in [1.54, 1.807) is 24.3 Å². The third kappa shape index (κ3) is 7.15. The predicted octanol–water partition coefficient (Wildman–Crippen LogP) is 9.22. The predicted molar refractivity (Wildman–Crippen MR) is 164 cm³/mol. The van der Waals surface area contributed by atoms with Gasteiger partial charge in [-0.05, 0) is 109 Å². The highest BCUT2D eigenvalue weighted by atomic mass is 16.5. The minimum atomic E-state index is -0.308. The minimum Gasteiger partial charge on any atom is -0.504 e. The van der Waals surface area contributed by atoms with Crippen molar-refractivity contribution in [2.75, 3.05) is 7.11 Å². The van der Waals surface area contributed by atoms with Crippen LogP contribution in [-0.4, -0.2) is 24.3 Å². The molecule has 3 aliphatic carbocycles. The van der Waals surface area contributed by atoms with Crippen molar-refractivity contribution in [2.24, 2.45) is 46.8 Å². The molecule has 4 heteroatoms. The van der Waals surface area contributed by atoms with Crippen LogP contribution in [0.5, 0.6) is 11.5 Å². The lowest BCUT2D eigenvalue weighted by molar-refractivity contribution is -0.144. The van der Waals surface area contributed by atoms with Gasteiger partial charge < -0.3 is 14.6 Å². The molecule has 1 aromatic carbocycles. The molecule has 0 aromatic heterocycles. The number of methoxy groups -OCH3 is 1. The van der Waals surface area contributed by atoms with Crippen LogP contribution in [0.3, 0.4) is 0 Å². The van der Waals surface area contributed by atoms with Crippen LogP contribution in [-0.2, 0) is 9.53 Å². The van der Waals surface area contributed by atoms with Gasteiger partial charge in [-0.1, -0.05) is 72.1 Å². The molecule has 0 amide bonds. The van der Waals surface area contributed by atoms with Crippen LogP contribution >= 0.6 is 0 Å². The molecule has 2 fully saturated rings. The van der Waals surface area contributed by atoms with E-state index < -0.39 is 0 Å². The summed E-state index contributed by atoms with van der Waals surface area (Å²) in [6.45, 7) is 14.7. The van der Waals surface area contributed by atoms with Gasteiger partial charge in [0.25, 0.3) is 0 Å². The second-order valence-corrected chi connectivity index (χ2v) is 14.1. The molecule has 3 aliphatic rings. The van der Waals surface area contributed by atoms with E-state index in [2.05, 4.69) is 47.6 Å². The van der Waals surface area contributed by atoms with E-state index in [1.807, 2.05) is 0 Å². The Balaban J connectivity index is 1.30. The standard InChI is InChI=1S/C36H54O4/c1-23(2)24(3)8-9-25(4)31-14-15-32(26(31)5)28-12-13-29-21-30(18-19-36(29,6)22-28)40-35(38)17-11-27-10-16-33(37)34(20-27)39-7/h10-11,13,16-17,20,23-26,28,30-32,37H,8-9,12,14-15,18-19,21-22H2,1-7H3/b17-11+/t24-,25-,26+,28-,30+,31-,32-,36-/m1/s1. The zero-order chi connectivity index (χ0) is 29.0. The van der Waals surface area contributed by atoms with Crippen LogP contribution in [0.1, 0.15) is 105 Å². The second-order valence-electron chi connectivity index (χ2n) is 14.1. The Hall–Kier alpha value is -2.23. The zero-order valence-corrected chi connectivity index (χ0v) is 26.1. The number of phenols is 1. The summed E-state index contributed by atoms with van der Waals surface area (Å²) in [5.41, 5.74) is 2.55. The minimum absolute atomic E-state index is 0.0498. The van der Waals surface area contributed by atoms with E-state index in [0.717, 1.165) is 66.3 Å². The van der Waals surface area contributed by atoms with E-state index in [4.69, 9.17) is 9.47 Å². The number of aromatic hydroxyl groups is 1. The maximum Gasteiger partial charge on any atom is 0.331 e. The van der Waals surface area contributed by atoms with Gasteiger partial charge in [-0.25, -0.2) is 4.79 Å². The van der Waals surface area contributed by atoms with Crippen molar-refractivity contribution in [3.8, 4) is 11.5 Å². The Morgan fingerprint density at radius 3 is 2.65 bits per heavy atom. The normalized spacial score (nSPS) is 32.0. The first-order chi connectivity index (χ1) is 19.0. The third-order valence-electron chi connectivity index (χ3n) is 11.3. The van der Waals surface area contributed by atoms with Crippen molar-refractivity contribution >= 4 is 12.0 Å². The van der Waals surface area contributed by atoms with Gasteiger partial charge in [-0.15, -0.1) is 0 Å². The Labute approximate surface area is 243 Å². The summed E-state index contributed by atoms with van der Waals surface area (Å²) in [4.78, 5) is 12.6. The lowest BCUT2D eigenvalue weighted by Crippen LogP contribution is -2.38. The van der Waals surface area contributed by atoms with Gasteiger partial charge >= 0.3 is 5.97 Å². The fraction of sp³-hybridized carbons (Fsp3) is 0.694. The van der Waals surface area contributed by atoms with Crippen molar-refractivity contribution in [2.45, 2.75) is 105 Å². The number of hydrogen-bond donors (Lipinski definition) is 1. The summed E-state index contributed by atoms with van der Waals surface area (Å²) in [5, 5.41) is 9.77. The van der Waals surface area contributed by atoms with Crippen LogP contribution in [0.25, 0.3) is 6.08 Å². The molecular formula is C36H54O4. The summed E-state index contributed by atoms with van der Waals surface area (Å²) >= 11 is 0. The van der Waals surface area contributed by atoms with Crippen molar-refractivity contribution in [3.63, 3.8) is 0 Å². The van der Waals surface area contributed by atoms with E-state index in [-0.39, 0.29) is 23.2 Å². The quantitative estimate of drug-likeness (QED) is 0.179. The molecular weight excluding hydrogens is 496 g/mol. The van der Waals surface area contributed by atoms with Gasteiger partial charge in [0.05, 0.1) is 7.11 Å². The Morgan fingerprint density at radius 2 is 1.93 bits per heavy atom. The second kappa shape index (κ2) is 13.2. The highest BCUT2D eigenvalue weighted by molar-refractivity contribution is 5.87. The van der Waals surface area contributed by atoms with E-state index >= 15 is 0 Å². The first-order valence-electron chi connectivity index (χ1n) is 16.0. The molecule has 0 saturated heterocycles. The number of fused-ring (bicyclic) bond motifs is 1. The fourth-order valence-corrected chi connectivity index (χ4v) is 8.11. The van der Waals surface area contributed by atoms with Gasteiger partial charge in [-0.3, -0.25) is 0 Å². The van der Waals surface area contributed by atoms with E-state index in [9.17, 15) is 9.90 Å². The van der Waals surface area contributed by atoms with Crippen LogP contribution < -0.4 is 4.74 Å². The molecule has 222 valence electrons. The molecule has 4 nitrogen and oxygen atoms in total. The molecule has 0 spiro atoms. The lowest BCUT2D eigenvalue weighted by Gasteiger charge is -2.46. The first-order valence-corrected chi connectivity index (χ1v) is 16.0. The smallest absolute Gasteiger partial charge is 0.331 e. The van der Waals surface area contributed by atoms with Crippen LogP contribution in [0.2, 0.25) is 0 Å². The summed E-state index contributed by atoms with van der Waals surface area (Å²) in [5.74, 6) is 5.96. The SMILES string of the molecule is COc1cc(/C=C/C(=O)O[C@H]2CC[C@]3(C)C[C@H]([C@@H]4CC[C@H]([C@H](C)CC[C@@H](C)C(C)C)[C@@H]4C)CC=C3C2)ccc1O. The molecule has 0 bridgehead atoms. The highest BCUT2D eigenvalue weighted by Gasteiger charge is 2.46. The van der Waals surface area contributed by atoms with E-state index in [0.29, 0.717) is 5.75 Å². The molecule has 2 saturated carbocycles. The molecule has 0 heterocycles. The van der Waals surface area contributed by atoms with E-state index in [1.165, 1.54) is 57.3 Å². The van der Waals surface area contributed by atoms with Crippen LogP contribution in [0.15, 0.2) is 35.9 Å². The molecule has 40 heavy (non-hydrogen) atoms. The molecule has 4 rings (SSSR count). The van der Waals surface area contributed by atoms with Crippen molar-refractivity contribution in [1.29, 1.82) is 0 Å². The number of allylic oxidation sites excluding steroid dienone is 1. The Morgan fingerprint density at radius 1 is 1.15 bits per heavy atom. The number of carbonyl (C=O) groups is 1. The average molecular weight is 551 g/mol. The summed E-state index contributed by atoms with van der Waals surface area (Å²) in [6, 6.07) is 5.02. The Bertz CT molecular complexity index is 1070. The van der Waals surface area contributed by atoms with Crippen LogP contribution in [0, 0.1) is 46.8 Å². The number of carbonyl (C=O) groups excluding carboxylic acids is 1. The fourth-order valence-electron chi connectivity index (χ4n) is 8.11. The molecule has 1 N–H and O–H groups in total. The topological polar surface area (TPSA) is 55.8 Å². The monoisotopic (exact) mass is 550 g/mol. The number of esters is 1. The van der Waals surface area contributed by atoms with Gasteiger partial charge in [0.15, 0.2) is 11.5 Å². The lowest BCUT2D eigenvalue weighted by atomic mass is 9.60. The van der Waals surface area contributed by atoms with Crippen molar-refractivity contribution < 1.29 is 19.4 Å². The van der Waals surface area contributed by atoms with Gasteiger partial charge in [0, 0.05) is 12.5 Å². The van der Waals surface area contributed by atoms with Crippen LogP contribution in [0.4, 0.5) is 0 Å². The molecule has 1 aromatic rings. The molecule has 8 atom stereocenters. The number of hydrogen-bond acceptors (Lipinski definition) is 4. The maximum absolute atomic E-state index is 12.6. The number of phenolic OH excluding ortho intramolecular Hbond substituents is 1. The van der Waals surface area contributed by atoms with Gasteiger partial charge in [-0.2, -0.15) is 0 Å². The number of ether oxygens (including phenoxy) is 2. The summed E-state index contributed by atoms with van der Waals surface area (Å²) in [7, 11) is 1.51. The summed E-state index contributed by atoms with van der Waals surface area (Å²) in [6.07, 6.45) is 16.6. The number of benzene rings is 1. The van der Waals surface area contributed by atoms with Crippen molar-refractivity contribution in [3.05, 3.63) is 41.5 Å². The summed E-state index contributed by atoms with van der Waals surface area (Å²) < 4.78 is 11.0. The van der Waals surface area contributed by atoms with Gasteiger partial charge in [0.1, 0.15) is 6.10 Å². The molecule has 0 unspecified atom stereocenters. The first kappa shape index (κ1) is 30.7. The zero-order valence-electron chi connectivity index (χ0n) is 26.1. The van der Waals surface area contributed by atoms with Gasteiger partial charge in [0.2, 0.25) is 0 Å². The molecule has 0 aliphatic heterocycles. The largest absolute Gasteiger partial charge is 0.504 e. The Kier molecular flexibility index (Phi) is 10.1. The average Bonchev–Trinajstić information content (AvgIpc) is 3.32. The maximum atomic E-state index is 12.6. The molecule has 0 radical (unpaired) electrons. The highest BCUT2D eigenvalue weighted by Crippen LogP contribution is 2.55.